The van der Waals surface area contributed by atoms with E-state index in [0.717, 1.165) is 29.2 Å². The quantitative estimate of drug-likeness (QED) is 0.868. The summed E-state index contributed by atoms with van der Waals surface area (Å²) in [5.41, 5.74) is 0.941. The summed E-state index contributed by atoms with van der Waals surface area (Å²) >= 11 is 0. The molecule has 5 rings (SSSR count). The molecule has 0 heterocycles. The van der Waals surface area contributed by atoms with Crippen LogP contribution in [0.2, 0.25) is 0 Å². The first kappa shape index (κ1) is 15.8. The first-order chi connectivity index (χ1) is 11.6. The standard InChI is InChI=1S/C20H28N2O2/c1-13(21-17-5-3-4-6-18(17)24-2)19(23)22-20-10-14-7-15(11-20)9-16(8-14)12-20/h3-6,13-16,21H,7-12H2,1-2H3,(H,22,23)/t13-,14?,15?,16?,20?/m0/s1. The van der Waals surface area contributed by atoms with Crippen molar-refractivity contribution in [3.05, 3.63) is 24.3 Å². The molecule has 0 saturated heterocycles. The monoisotopic (exact) mass is 328 g/mol. The average molecular weight is 328 g/mol. The number of benzene rings is 1. The highest BCUT2D eigenvalue weighted by Gasteiger charge is 2.51. The predicted octanol–water partition coefficient (Wildman–Crippen LogP) is 3.58. The number of anilines is 1. The number of carbonyl (C=O) groups excluding carboxylic acids is 1. The van der Waals surface area contributed by atoms with Crippen molar-refractivity contribution in [2.75, 3.05) is 12.4 Å². The Bertz CT molecular complexity index is 593. The normalized spacial score (nSPS) is 34.7. The molecule has 0 aliphatic heterocycles. The van der Waals surface area contributed by atoms with Crippen LogP contribution in [0.15, 0.2) is 24.3 Å². The summed E-state index contributed by atoms with van der Waals surface area (Å²) in [4.78, 5) is 12.8. The number of hydrogen-bond acceptors (Lipinski definition) is 3. The molecular formula is C20H28N2O2. The van der Waals surface area contributed by atoms with Gasteiger partial charge in [0.05, 0.1) is 12.8 Å². The van der Waals surface area contributed by atoms with E-state index in [1.54, 1.807) is 7.11 Å². The zero-order valence-electron chi connectivity index (χ0n) is 14.7. The topological polar surface area (TPSA) is 50.4 Å². The zero-order chi connectivity index (χ0) is 16.7. The van der Waals surface area contributed by atoms with Crippen molar-refractivity contribution in [1.29, 1.82) is 0 Å². The van der Waals surface area contributed by atoms with E-state index in [4.69, 9.17) is 4.74 Å². The Morgan fingerprint density at radius 3 is 2.29 bits per heavy atom. The first-order valence-corrected chi connectivity index (χ1v) is 9.28. The lowest BCUT2D eigenvalue weighted by atomic mass is 9.53. The van der Waals surface area contributed by atoms with Crippen molar-refractivity contribution in [3.8, 4) is 5.75 Å². The van der Waals surface area contributed by atoms with E-state index in [9.17, 15) is 4.79 Å². The van der Waals surface area contributed by atoms with Crippen LogP contribution in [0.5, 0.6) is 5.75 Å². The molecule has 4 nitrogen and oxygen atoms in total. The van der Waals surface area contributed by atoms with Gasteiger partial charge in [0, 0.05) is 5.54 Å². The number of rotatable bonds is 5. The number of nitrogens with one attached hydrogen (secondary N) is 2. The van der Waals surface area contributed by atoms with E-state index in [2.05, 4.69) is 10.6 Å². The minimum atomic E-state index is -0.269. The molecule has 1 aromatic rings. The second-order valence-corrected chi connectivity index (χ2v) is 8.25. The minimum absolute atomic E-state index is 0.0720. The summed E-state index contributed by atoms with van der Waals surface area (Å²) < 4.78 is 5.37. The van der Waals surface area contributed by atoms with Gasteiger partial charge in [0.1, 0.15) is 11.8 Å². The third-order valence-electron chi connectivity index (χ3n) is 6.30. The molecule has 4 aliphatic rings. The summed E-state index contributed by atoms with van der Waals surface area (Å²) in [7, 11) is 1.65. The number of hydrogen-bond donors (Lipinski definition) is 2. The van der Waals surface area contributed by atoms with Gasteiger partial charge in [-0.2, -0.15) is 0 Å². The molecule has 2 N–H and O–H groups in total. The zero-order valence-corrected chi connectivity index (χ0v) is 14.7. The molecule has 4 aliphatic carbocycles. The van der Waals surface area contributed by atoms with Crippen LogP contribution < -0.4 is 15.4 Å². The molecule has 24 heavy (non-hydrogen) atoms. The molecule has 4 fully saturated rings. The predicted molar refractivity (Wildman–Crippen MR) is 95.1 cm³/mol. The Morgan fingerprint density at radius 2 is 1.71 bits per heavy atom. The molecule has 130 valence electrons. The summed E-state index contributed by atoms with van der Waals surface area (Å²) in [6, 6.07) is 7.48. The van der Waals surface area contributed by atoms with Crippen molar-refractivity contribution in [2.24, 2.45) is 17.8 Å². The number of amides is 1. The summed E-state index contributed by atoms with van der Waals surface area (Å²) in [5.74, 6) is 3.41. The maximum absolute atomic E-state index is 12.8. The van der Waals surface area contributed by atoms with Gasteiger partial charge in [-0.25, -0.2) is 0 Å². The van der Waals surface area contributed by atoms with E-state index >= 15 is 0 Å². The van der Waals surface area contributed by atoms with Crippen LogP contribution in [0.1, 0.15) is 45.4 Å². The summed E-state index contributed by atoms with van der Waals surface area (Å²) in [6.07, 6.45) is 7.74. The number of para-hydroxylation sites is 2. The van der Waals surface area contributed by atoms with Gasteiger partial charge >= 0.3 is 0 Å². The fraction of sp³-hybridized carbons (Fsp3) is 0.650. The fourth-order valence-corrected chi connectivity index (χ4v) is 5.70. The van der Waals surface area contributed by atoms with Crippen LogP contribution in [0, 0.1) is 17.8 Å². The van der Waals surface area contributed by atoms with Crippen molar-refractivity contribution < 1.29 is 9.53 Å². The third kappa shape index (κ3) is 2.87. The van der Waals surface area contributed by atoms with Gasteiger partial charge in [0.2, 0.25) is 5.91 Å². The van der Waals surface area contributed by atoms with Crippen LogP contribution in [0.25, 0.3) is 0 Å². The van der Waals surface area contributed by atoms with E-state index in [1.807, 2.05) is 31.2 Å². The van der Waals surface area contributed by atoms with Crippen LogP contribution >= 0.6 is 0 Å². The van der Waals surface area contributed by atoms with Crippen LogP contribution in [0.3, 0.4) is 0 Å². The van der Waals surface area contributed by atoms with E-state index in [-0.39, 0.29) is 17.5 Å². The van der Waals surface area contributed by atoms with Crippen LogP contribution in [-0.2, 0) is 4.79 Å². The molecule has 1 amide bonds. The maximum atomic E-state index is 12.8. The highest BCUT2D eigenvalue weighted by atomic mass is 16.5. The maximum Gasteiger partial charge on any atom is 0.242 e. The van der Waals surface area contributed by atoms with Crippen molar-refractivity contribution in [3.63, 3.8) is 0 Å². The van der Waals surface area contributed by atoms with Crippen molar-refractivity contribution in [2.45, 2.75) is 57.0 Å². The van der Waals surface area contributed by atoms with E-state index in [0.29, 0.717) is 0 Å². The molecule has 1 atom stereocenters. The Labute approximate surface area is 144 Å². The second-order valence-electron chi connectivity index (χ2n) is 8.25. The minimum Gasteiger partial charge on any atom is -0.495 e. The van der Waals surface area contributed by atoms with Crippen LogP contribution in [0.4, 0.5) is 5.69 Å². The lowest BCUT2D eigenvalue weighted by molar-refractivity contribution is -0.127. The Hall–Kier alpha value is -1.71. The third-order valence-corrected chi connectivity index (χ3v) is 6.30. The highest BCUT2D eigenvalue weighted by Crippen LogP contribution is 2.55. The molecule has 4 heteroatoms. The highest BCUT2D eigenvalue weighted by molar-refractivity contribution is 5.85. The van der Waals surface area contributed by atoms with E-state index in [1.165, 1.54) is 38.5 Å². The Balaban J connectivity index is 1.42. The fourth-order valence-electron chi connectivity index (χ4n) is 5.70. The lowest BCUT2D eigenvalue weighted by Gasteiger charge is -2.57. The average Bonchev–Trinajstić information content (AvgIpc) is 2.53. The molecule has 4 bridgehead atoms. The Morgan fingerprint density at radius 1 is 1.12 bits per heavy atom. The molecule has 0 unspecified atom stereocenters. The number of ether oxygens (including phenoxy) is 1. The second kappa shape index (κ2) is 5.98. The van der Waals surface area contributed by atoms with E-state index < -0.39 is 0 Å². The molecular weight excluding hydrogens is 300 g/mol. The lowest BCUT2D eigenvalue weighted by Crippen LogP contribution is -2.61. The van der Waals surface area contributed by atoms with Gasteiger partial charge in [-0.05, 0) is 75.3 Å². The first-order valence-electron chi connectivity index (χ1n) is 9.28. The van der Waals surface area contributed by atoms with Gasteiger partial charge in [0.25, 0.3) is 0 Å². The van der Waals surface area contributed by atoms with Gasteiger partial charge in [-0.3, -0.25) is 4.79 Å². The summed E-state index contributed by atoms with van der Waals surface area (Å²) in [5, 5.41) is 6.75. The Kier molecular flexibility index (Phi) is 3.93. The molecule has 0 spiro atoms. The molecule has 0 aromatic heterocycles. The molecule has 1 aromatic carbocycles. The van der Waals surface area contributed by atoms with Crippen molar-refractivity contribution >= 4 is 11.6 Å². The van der Waals surface area contributed by atoms with Gasteiger partial charge < -0.3 is 15.4 Å². The molecule has 4 saturated carbocycles. The SMILES string of the molecule is COc1ccccc1N[C@@H](C)C(=O)NC12CC3CC(CC(C3)C1)C2. The largest absolute Gasteiger partial charge is 0.495 e. The van der Waals surface area contributed by atoms with Crippen molar-refractivity contribution in [1.82, 2.24) is 5.32 Å². The number of methoxy groups -OCH3 is 1. The van der Waals surface area contributed by atoms with Gasteiger partial charge in [-0.1, -0.05) is 12.1 Å². The molecule has 0 radical (unpaired) electrons. The van der Waals surface area contributed by atoms with Gasteiger partial charge in [0.15, 0.2) is 0 Å². The van der Waals surface area contributed by atoms with Gasteiger partial charge in [-0.15, -0.1) is 0 Å². The summed E-state index contributed by atoms with van der Waals surface area (Å²) in [6.45, 7) is 1.93. The number of carbonyl (C=O) groups is 1. The smallest absolute Gasteiger partial charge is 0.242 e. The van der Waals surface area contributed by atoms with Crippen LogP contribution in [-0.4, -0.2) is 24.6 Å².